The fourth-order valence-electron chi connectivity index (χ4n) is 4.91. The van der Waals surface area contributed by atoms with Crippen LogP contribution in [0.4, 0.5) is 0 Å². The monoisotopic (exact) mass is 1880 g/mol. The number of aromatic amines is 3. The number of imidazole rings is 1. The van der Waals surface area contributed by atoms with Crippen molar-refractivity contribution in [3.63, 3.8) is 0 Å². The molecule has 7 aliphatic heterocycles. The Balaban J connectivity index is -0.0000000326. The van der Waals surface area contributed by atoms with Crippen molar-refractivity contribution in [2.45, 2.75) is 426 Å². The maximum Gasteiger partial charge on any atom is 0.115 e. The Morgan fingerprint density at radius 3 is 0.750 bits per heavy atom. The summed E-state index contributed by atoms with van der Waals surface area (Å²) in [4.78, 5) is 31.7. The van der Waals surface area contributed by atoms with Crippen molar-refractivity contribution in [1.82, 2.24) is 103 Å². The number of piperidine rings is 1. The fraction of sp³-hybridized carbons (Fsp3) is 0.664. The average Bonchev–Trinajstić information content (AvgIpc) is 2.07. The molecule has 2 saturated heterocycles. The second-order valence-electron chi connectivity index (χ2n) is 14.6. The lowest BCUT2D eigenvalue weighted by molar-refractivity contribution is 0.520. The van der Waals surface area contributed by atoms with E-state index >= 15 is 0 Å². The van der Waals surface area contributed by atoms with Crippen molar-refractivity contribution >= 4 is 12.6 Å². The van der Waals surface area contributed by atoms with Gasteiger partial charge < -0.3 is 52.6 Å². The topological polar surface area (TPSA) is 284 Å². The number of H-pyrrole nitrogens is 3. The Labute approximate surface area is 834 Å². The second kappa shape index (κ2) is 397. The van der Waals surface area contributed by atoms with Crippen molar-refractivity contribution in [2.24, 2.45) is 10.1 Å². The first-order chi connectivity index (χ1) is 66.0. The molecule has 22 heteroatoms. The fourth-order valence-corrected chi connectivity index (χ4v) is 4.91. The predicted octanol–water partition coefficient (Wildman–Crippen LogP) is 34.2. The number of hydrogen-bond acceptors (Lipinski definition) is 19. The molecule has 11 N–H and O–H groups in total. The van der Waals surface area contributed by atoms with Crippen molar-refractivity contribution in [3.8, 4) is 0 Å². The molecule has 7 aliphatic rings. The van der Waals surface area contributed by atoms with E-state index < -0.39 is 0 Å². The van der Waals surface area contributed by atoms with Crippen LogP contribution in [0.25, 0.3) is 0 Å². The van der Waals surface area contributed by atoms with Gasteiger partial charge in [-0.1, -0.05) is 431 Å². The molecule has 14 rings (SSSR count). The van der Waals surface area contributed by atoms with Gasteiger partial charge in [-0.3, -0.25) is 25.0 Å². The van der Waals surface area contributed by atoms with Crippen LogP contribution in [0.1, 0.15) is 426 Å². The van der Waals surface area contributed by atoms with Crippen LogP contribution < -0.4 is 42.6 Å². The van der Waals surface area contributed by atoms with Crippen LogP contribution in [0.2, 0.25) is 0 Å². The van der Waals surface area contributed by atoms with E-state index in [4.69, 9.17) is 0 Å². The van der Waals surface area contributed by atoms with Gasteiger partial charge in [0.05, 0.1) is 19.2 Å². The van der Waals surface area contributed by atoms with Crippen molar-refractivity contribution in [1.29, 1.82) is 0 Å². The zero-order chi connectivity index (χ0) is 110. The second-order valence-corrected chi connectivity index (χ2v) is 14.6. The number of dihydropyridines is 1. The number of nitrogens with one attached hydrogen (secondary N) is 11. The van der Waals surface area contributed by atoms with E-state index in [0.717, 1.165) is 71.9 Å². The molecule has 0 amide bonds. The van der Waals surface area contributed by atoms with Crippen LogP contribution in [0.3, 0.4) is 0 Å². The Morgan fingerprint density at radius 2 is 0.644 bits per heavy atom. The van der Waals surface area contributed by atoms with Crippen LogP contribution >= 0.6 is 0 Å². The van der Waals surface area contributed by atoms with Gasteiger partial charge in [0, 0.05) is 164 Å². The highest BCUT2D eigenvalue weighted by Gasteiger charge is 1.94. The third-order valence-electron chi connectivity index (χ3n) is 8.47. The summed E-state index contributed by atoms with van der Waals surface area (Å²) in [5.41, 5.74) is 2.79. The summed E-state index contributed by atoms with van der Waals surface area (Å²) in [5.74, 6) is 0. The van der Waals surface area contributed by atoms with Gasteiger partial charge in [-0.25, -0.2) is 15.0 Å². The highest BCUT2D eigenvalue weighted by molar-refractivity contribution is 5.58. The van der Waals surface area contributed by atoms with Crippen molar-refractivity contribution in [3.05, 3.63) is 215 Å². The molecule has 0 bridgehead atoms. The van der Waals surface area contributed by atoms with Gasteiger partial charge in [0.1, 0.15) is 6.33 Å². The molecule has 800 valence electrons. The van der Waals surface area contributed by atoms with Crippen LogP contribution in [-0.2, 0) is 0 Å². The first kappa shape index (κ1) is 203. The molecular formula is C110H250N22. The molecule has 0 atom stereocenters. The lowest BCUT2D eigenvalue weighted by Gasteiger charge is -2.08. The Morgan fingerprint density at radius 1 is 0.250 bits per heavy atom. The Hall–Kier alpha value is -8.57. The molecular weight excluding hydrogens is 1630 g/mol. The van der Waals surface area contributed by atoms with Crippen LogP contribution in [0.5, 0.6) is 0 Å². The molecule has 2 fully saturated rings. The van der Waals surface area contributed by atoms with Crippen molar-refractivity contribution < 1.29 is 0 Å². The minimum absolute atomic E-state index is 0.958. The third-order valence-corrected chi connectivity index (χ3v) is 8.47. The largest absolute Gasteiger partial charge is 0.391 e. The third kappa shape index (κ3) is 387. The lowest BCUT2D eigenvalue weighted by Crippen LogP contribution is -2.21. The van der Waals surface area contributed by atoms with Crippen molar-refractivity contribution in [2.75, 3.05) is 72.1 Å². The SMILES string of the molecule is C1=CCNC1.C1=CNC=CC1.C1=CNCC1.C1=NCCN1.C1=NNCC1.C1CCNCC1.C1CNCN1.CC.CC.CC.CC.CC.CC.CC.CC.CC.CC.CC.CC.CC.CC.CC.CC.CC.CC.CC.CC.CC.CC.CC.CC.CC.CC.CC.CC.c1c[nH]cn1.c1cc[nH]c1.c1ccncc1.c1ccnnc1.c1cn[nH]c1.c1cnccn1.c1cncnc1. The maximum absolute atomic E-state index is 3.85. The number of hydrazone groups is 1. The van der Waals surface area contributed by atoms with Crippen LogP contribution in [0, 0.1) is 0 Å². The summed E-state index contributed by atoms with van der Waals surface area (Å²) in [5, 5.41) is 38.5. The first-order valence-electron chi connectivity index (χ1n) is 53.3. The highest BCUT2D eigenvalue weighted by atomic mass is 15.3. The standard InChI is InChI=1S/C5H11N.C5H7N.C5H5N.3C4H4N2.2C4H7N.C4H5N.C3H8N2.C3H6N2.C3H4N2.C3H6N2.C3H4N2.28C2H6/c3*1-2-4-6-5-3-1;1-2-6-4-3-5-1;1-2-5-4-6-3-1;1-2-4-6-5-3-1;3*1-2-4-5-3-1;3*1-2-5-3-4-1;2*1-2-4-5-3-1;28*1-2/h6H,1-5H2;2-6H,1H2;1-5H;3*1-4H;1,3,5H,2,4H2;1-2,5H,3-4H2;1-5H;4-5H,1-3H2;3H,1-2H2,(H,4,5);1-3H,(H,4,5);2,5H,1,3H2;1-3H,(H,4,5);28*1-2H3. The average molecular weight is 1880 g/mol. The van der Waals surface area contributed by atoms with Gasteiger partial charge in [-0.05, 0) is 106 Å². The smallest absolute Gasteiger partial charge is 0.115 e. The van der Waals surface area contributed by atoms with Crippen LogP contribution in [-0.4, -0.2) is 145 Å². The summed E-state index contributed by atoms with van der Waals surface area (Å²) in [6.07, 6.45) is 58.1. The summed E-state index contributed by atoms with van der Waals surface area (Å²) in [6.45, 7) is 124. The van der Waals surface area contributed by atoms with E-state index in [1.807, 2.05) is 473 Å². The number of rotatable bonds is 0. The maximum atomic E-state index is 3.85. The molecule has 0 saturated carbocycles. The summed E-state index contributed by atoms with van der Waals surface area (Å²) < 4.78 is 0. The Kier molecular flexibility index (Phi) is 611. The van der Waals surface area contributed by atoms with E-state index in [2.05, 4.69) is 143 Å². The Bertz CT molecular complexity index is 1700. The van der Waals surface area contributed by atoms with E-state index in [1.165, 1.54) is 45.1 Å². The van der Waals surface area contributed by atoms with E-state index in [0.29, 0.717) is 0 Å². The molecule has 0 unspecified atom stereocenters. The number of aromatic nitrogens is 12. The molecule has 0 aromatic carbocycles. The summed E-state index contributed by atoms with van der Waals surface area (Å²) in [6, 6.07) is 16.9. The number of pyridine rings is 1. The summed E-state index contributed by atoms with van der Waals surface area (Å²) in [7, 11) is 0. The minimum atomic E-state index is 0.958. The predicted molar refractivity (Wildman–Crippen MR) is 626 cm³/mol. The number of allylic oxidation sites excluding steroid dienone is 2. The molecule has 22 nitrogen and oxygen atoms in total. The van der Waals surface area contributed by atoms with Gasteiger partial charge in [0.15, 0.2) is 0 Å². The summed E-state index contributed by atoms with van der Waals surface area (Å²) >= 11 is 0. The minimum Gasteiger partial charge on any atom is -0.391 e. The molecule has 0 radical (unpaired) electrons. The molecule has 7 aromatic rings. The number of hydrogen-bond donors (Lipinski definition) is 11. The quantitative estimate of drug-likeness (QED) is 0.0630. The van der Waals surface area contributed by atoms with E-state index in [1.54, 1.807) is 105 Å². The highest BCUT2D eigenvalue weighted by Crippen LogP contribution is 1.96. The normalized spacial score (nSPS) is 9.39. The zero-order valence-electron chi connectivity index (χ0n) is 99.8. The van der Waals surface area contributed by atoms with Gasteiger partial charge in [-0.2, -0.15) is 20.4 Å². The zero-order valence-corrected chi connectivity index (χ0v) is 99.8. The number of nitrogens with zero attached hydrogens (tertiary/aromatic N) is 11. The van der Waals surface area contributed by atoms with E-state index in [-0.39, 0.29) is 0 Å². The van der Waals surface area contributed by atoms with E-state index in [9.17, 15) is 0 Å². The molecule has 14 heterocycles. The molecule has 0 spiro atoms. The lowest BCUT2D eigenvalue weighted by atomic mass is 10.2. The number of aliphatic imine (C=N–C) groups is 1. The first-order valence-corrected chi connectivity index (χ1v) is 53.3. The van der Waals surface area contributed by atoms with Gasteiger partial charge in [0.2, 0.25) is 0 Å². The van der Waals surface area contributed by atoms with Gasteiger partial charge in [0.25, 0.3) is 0 Å². The molecule has 0 aliphatic carbocycles. The molecule has 132 heavy (non-hydrogen) atoms. The molecule has 7 aromatic heterocycles. The van der Waals surface area contributed by atoms with Crippen LogP contribution in [0.15, 0.2) is 225 Å². The van der Waals surface area contributed by atoms with Gasteiger partial charge >= 0.3 is 0 Å². The van der Waals surface area contributed by atoms with Gasteiger partial charge in [-0.15, -0.1) is 0 Å².